The van der Waals surface area contributed by atoms with Crippen molar-refractivity contribution >= 4 is 17.4 Å². The molecule has 1 aromatic rings. The summed E-state index contributed by atoms with van der Waals surface area (Å²) in [4.78, 5) is 10.5. The molecule has 0 radical (unpaired) electrons. The van der Waals surface area contributed by atoms with Crippen molar-refractivity contribution < 1.29 is 9.66 Å². The number of hydrogen-bond donors (Lipinski definition) is 1. The van der Waals surface area contributed by atoms with Gasteiger partial charge in [0.2, 0.25) is 0 Å². The van der Waals surface area contributed by atoms with Crippen LogP contribution < -0.4 is 10.1 Å². The fourth-order valence-corrected chi connectivity index (χ4v) is 3.82. The maximum atomic E-state index is 10.9. The Kier molecular flexibility index (Phi) is 5.47. The van der Waals surface area contributed by atoms with Crippen LogP contribution in [0.1, 0.15) is 31.2 Å². The Bertz CT molecular complexity index is 502. The van der Waals surface area contributed by atoms with Gasteiger partial charge in [-0.3, -0.25) is 10.1 Å². The first kappa shape index (κ1) is 16.1. The molecule has 1 N–H and O–H groups in total. The van der Waals surface area contributed by atoms with Crippen molar-refractivity contribution in [2.75, 3.05) is 19.9 Å². The number of rotatable bonds is 7. The maximum absolute atomic E-state index is 10.9. The Labute approximate surface area is 129 Å². The largest absolute Gasteiger partial charge is 0.496 e. The number of hydrogen-bond acceptors (Lipinski definition) is 5. The smallest absolute Gasteiger partial charge is 0.273 e. The van der Waals surface area contributed by atoms with Gasteiger partial charge in [-0.15, -0.1) is 0 Å². The topological polar surface area (TPSA) is 64.4 Å². The van der Waals surface area contributed by atoms with E-state index in [0.29, 0.717) is 17.0 Å². The van der Waals surface area contributed by atoms with Crippen LogP contribution in [0.5, 0.6) is 5.75 Å². The van der Waals surface area contributed by atoms with Gasteiger partial charge in [0.05, 0.1) is 18.1 Å². The zero-order chi connectivity index (χ0) is 15.3. The summed E-state index contributed by atoms with van der Waals surface area (Å²) in [5, 5.41) is 14.4. The van der Waals surface area contributed by atoms with Crippen LogP contribution in [0, 0.1) is 10.1 Å². The molecule has 0 aromatic heterocycles. The normalized spacial score (nSPS) is 16.9. The van der Waals surface area contributed by atoms with Gasteiger partial charge in [0, 0.05) is 23.9 Å². The third-order valence-electron chi connectivity index (χ3n) is 4.12. The molecule has 5 nitrogen and oxygen atoms in total. The minimum absolute atomic E-state index is 0.0756. The van der Waals surface area contributed by atoms with E-state index in [1.165, 1.54) is 38.9 Å². The highest BCUT2D eigenvalue weighted by atomic mass is 32.2. The Morgan fingerprint density at radius 3 is 2.67 bits per heavy atom. The van der Waals surface area contributed by atoms with Gasteiger partial charge in [-0.2, -0.15) is 11.8 Å². The molecule has 0 amide bonds. The average Bonchev–Trinajstić information content (AvgIpc) is 2.96. The summed E-state index contributed by atoms with van der Waals surface area (Å²) >= 11 is 1.94. The van der Waals surface area contributed by atoms with E-state index in [9.17, 15) is 10.1 Å². The molecule has 1 saturated carbocycles. The molecule has 1 fully saturated rings. The van der Waals surface area contributed by atoms with Gasteiger partial charge in [-0.05, 0) is 30.7 Å². The molecule has 1 aliphatic carbocycles. The second-order valence-electron chi connectivity index (χ2n) is 5.49. The highest BCUT2D eigenvalue weighted by Gasteiger charge is 2.32. The van der Waals surface area contributed by atoms with E-state index in [2.05, 4.69) is 11.6 Å². The predicted octanol–water partition coefficient (Wildman–Crippen LogP) is 3.37. The molecule has 6 heteroatoms. The lowest BCUT2D eigenvalue weighted by atomic mass is 10.1. The van der Waals surface area contributed by atoms with Crippen LogP contribution in [0.3, 0.4) is 0 Å². The molecule has 1 aromatic carbocycles. The van der Waals surface area contributed by atoms with E-state index in [4.69, 9.17) is 4.74 Å². The lowest BCUT2D eigenvalue weighted by Gasteiger charge is -2.27. The van der Waals surface area contributed by atoms with E-state index < -0.39 is 0 Å². The number of thioether (sulfide) groups is 1. The van der Waals surface area contributed by atoms with Crippen molar-refractivity contribution in [3.05, 3.63) is 33.9 Å². The quantitative estimate of drug-likeness (QED) is 0.618. The number of benzene rings is 1. The van der Waals surface area contributed by atoms with E-state index in [1.807, 2.05) is 17.8 Å². The molecule has 0 spiro atoms. The molecule has 0 saturated heterocycles. The lowest BCUT2D eigenvalue weighted by molar-refractivity contribution is -0.385. The number of methoxy groups -OCH3 is 1. The number of nitrogens with zero attached hydrogens (tertiary/aromatic N) is 1. The van der Waals surface area contributed by atoms with Crippen LogP contribution in [0.25, 0.3) is 0 Å². The van der Waals surface area contributed by atoms with Crippen LogP contribution in [0.2, 0.25) is 0 Å². The molecule has 0 heterocycles. The molecule has 116 valence electrons. The summed E-state index contributed by atoms with van der Waals surface area (Å²) in [6, 6.07) is 4.90. The predicted molar refractivity (Wildman–Crippen MR) is 86.1 cm³/mol. The third kappa shape index (κ3) is 4.11. The molecule has 21 heavy (non-hydrogen) atoms. The van der Waals surface area contributed by atoms with Crippen molar-refractivity contribution in [1.82, 2.24) is 5.32 Å². The molecule has 0 aliphatic heterocycles. The Morgan fingerprint density at radius 2 is 2.10 bits per heavy atom. The monoisotopic (exact) mass is 310 g/mol. The van der Waals surface area contributed by atoms with Crippen molar-refractivity contribution in [1.29, 1.82) is 0 Å². The van der Waals surface area contributed by atoms with Gasteiger partial charge >= 0.3 is 0 Å². The van der Waals surface area contributed by atoms with Crippen LogP contribution >= 0.6 is 11.8 Å². The Hall–Kier alpha value is -1.27. The van der Waals surface area contributed by atoms with Gasteiger partial charge in [0.15, 0.2) is 0 Å². The van der Waals surface area contributed by atoms with Crippen molar-refractivity contribution in [2.24, 2.45) is 0 Å². The van der Waals surface area contributed by atoms with Gasteiger partial charge in [0.25, 0.3) is 5.69 Å². The zero-order valence-electron chi connectivity index (χ0n) is 12.6. The van der Waals surface area contributed by atoms with Crippen molar-refractivity contribution in [3.63, 3.8) is 0 Å². The van der Waals surface area contributed by atoms with E-state index in [-0.39, 0.29) is 10.6 Å². The highest BCUT2D eigenvalue weighted by molar-refractivity contribution is 8.00. The second kappa shape index (κ2) is 7.13. The van der Waals surface area contributed by atoms with Crippen LogP contribution in [-0.2, 0) is 6.54 Å². The molecule has 0 unspecified atom stereocenters. The second-order valence-corrected chi connectivity index (χ2v) is 6.77. The van der Waals surface area contributed by atoms with E-state index in [0.717, 1.165) is 12.1 Å². The third-order valence-corrected chi connectivity index (χ3v) is 5.54. The molecule has 0 bridgehead atoms. The first-order valence-electron chi connectivity index (χ1n) is 7.17. The van der Waals surface area contributed by atoms with Gasteiger partial charge in [-0.25, -0.2) is 0 Å². The summed E-state index contributed by atoms with van der Waals surface area (Å²) in [5.41, 5.74) is 0.960. The van der Waals surface area contributed by atoms with Gasteiger partial charge in [-0.1, -0.05) is 12.8 Å². The summed E-state index contributed by atoms with van der Waals surface area (Å²) in [6.45, 7) is 1.57. The average molecular weight is 310 g/mol. The minimum atomic E-state index is -0.383. The minimum Gasteiger partial charge on any atom is -0.496 e. The Balaban J connectivity index is 1.99. The van der Waals surface area contributed by atoms with E-state index >= 15 is 0 Å². The molecule has 0 atom stereocenters. The molecule has 1 aliphatic rings. The number of nitro benzene ring substituents is 1. The van der Waals surface area contributed by atoms with Crippen LogP contribution in [0.4, 0.5) is 5.69 Å². The molecule has 2 rings (SSSR count). The first-order chi connectivity index (χ1) is 10.1. The standard InChI is InChI=1S/C15H22N2O3S/c1-20-14-8-12(7-13(9-14)17(18)19)10-16-11-15(21-2)5-3-4-6-15/h7-9,16H,3-6,10-11H2,1-2H3. The zero-order valence-corrected chi connectivity index (χ0v) is 13.4. The molecular formula is C15H22N2O3S. The SMILES string of the molecule is COc1cc(CNCC2(SC)CCCC2)cc([N+](=O)[O-])c1. The first-order valence-corrected chi connectivity index (χ1v) is 8.39. The van der Waals surface area contributed by atoms with Crippen molar-refractivity contribution in [3.8, 4) is 5.75 Å². The van der Waals surface area contributed by atoms with Gasteiger partial charge < -0.3 is 10.1 Å². The highest BCUT2D eigenvalue weighted by Crippen LogP contribution is 2.39. The number of nitro groups is 1. The summed E-state index contributed by atoms with van der Waals surface area (Å²) in [6.07, 6.45) is 7.27. The number of ether oxygens (including phenoxy) is 1. The summed E-state index contributed by atoms with van der Waals surface area (Å²) in [5.74, 6) is 0.529. The van der Waals surface area contributed by atoms with Crippen LogP contribution in [0.15, 0.2) is 18.2 Å². The Morgan fingerprint density at radius 1 is 1.38 bits per heavy atom. The van der Waals surface area contributed by atoms with Crippen LogP contribution in [-0.4, -0.2) is 29.6 Å². The fourth-order valence-electron chi connectivity index (χ4n) is 2.88. The van der Waals surface area contributed by atoms with Crippen molar-refractivity contribution in [2.45, 2.75) is 37.0 Å². The molecular weight excluding hydrogens is 288 g/mol. The van der Waals surface area contributed by atoms with Gasteiger partial charge in [0.1, 0.15) is 5.75 Å². The lowest BCUT2D eigenvalue weighted by Crippen LogP contribution is -2.34. The summed E-state index contributed by atoms with van der Waals surface area (Å²) < 4.78 is 5.47. The maximum Gasteiger partial charge on any atom is 0.273 e. The fraction of sp³-hybridized carbons (Fsp3) is 0.600. The van der Waals surface area contributed by atoms with E-state index in [1.54, 1.807) is 6.07 Å². The number of nitrogens with one attached hydrogen (secondary N) is 1. The summed E-state index contributed by atoms with van der Waals surface area (Å²) in [7, 11) is 1.53. The number of non-ortho nitro benzene ring substituents is 1.